The van der Waals surface area contributed by atoms with Crippen molar-refractivity contribution in [3.8, 4) is 0 Å². The quantitative estimate of drug-likeness (QED) is 0.792. The number of carbonyl (C=O) groups excluding carboxylic acids is 2. The van der Waals surface area contributed by atoms with Crippen LogP contribution in [0.2, 0.25) is 0 Å². The molecule has 6 nitrogen and oxygen atoms in total. The number of amides is 1. The van der Waals surface area contributed by atoms with Crippen molar-refractivity contribution in [2.45, 2.75) is 6.54 Å². The lowest BCUT2D eigenvalue weighted by molar-refractivity contribution is -0.119. The fourth-order valence-corrected chi connectivity index (χ4v) is 1.86. The Morgan fingerprint density at radius 1 is 1.14 bits per heavy atom. The maximum atomic E-state index is 11.8. The van der Waals surface area contributed by atoms with E-state index in [1.54, 1.807) is 30.5 Å². The first-order valence-electron chi connectivity index (χ1n) is 6.78. The SMILES string of the molecule is COC(=O)c1ccccc1NCC(=O)NCc1ccccn1. The van der Waals surface area contributed by atoms with Crippen LogP contribution in [0.1, 0.15) is 16.1 Å². The lowest BCUT2D eigenvalue weighted by Crippen LogP contribution is -2.30. The first-order valence-corrected chi connectivity index (χ1v) is 6.78. The zero-order chi connectivity index (χ0) is 15.8. The second-order valence-electron chi connectivity index (χ2n) is 4.49. The fourth-order valence-electron chi connectivity index (χ4n) is 1.86. The maximum Gasteiger partial charge on any atom is 0.339 e. The van der Waals surface area contributed by atoms with Crippen LogP contribution in [0.25, 0.3) is 0 Å². The number of para-hydroxylation sites is 1. The molecular formula is C16H17N3O3. The van der Waals surface area contributed by atoms with Gasteiger partial charge in [0.1, 0.15) is 0 Å². The molecule has 6 heteroatoms. The predicted molar refractivity (Wildman–Crippen MR) is 82.4 cm³/mol. The van der Waals surface area contributed by atoms with E-state index in [1.807, 2.05) is 18.2 Å². The summed E-state index contributed by atoms with van der Waals surface area (Å²) in [4.78, 5) is 27.6. The first-order chi connectivity index (χ1) is 10.7. The van der Waals surface area contributed by atoms with Crippen LogP contribution < -0.4 is 10.6 Å². The van der Waals surface area contributed by atoms with Crippen molar-refractivity contribution in [2.75, 3.05) is 19.0 Å². The smallest absolute Gasteiger partial charge is 0.339 e. The van der Waals surface area contributed by atoms with Crippen LogP contribution in [0, 0.1) is 0 Å². The van der Waals surface area contributed by atoms with Gasteiger partial charge in [-0.2, -0.15) is 0 Å². The van der Waals surface area contributed by atoms with Crippen molar-refractivity contribution in [2.24, 2.45) is 0 Å². The molecule has 1 heterocycles. The summed E-state index contributed by atoms with van der Waals surface area (Å²) in [5, 5.41) is 5.68. The summed E-state index contributed by atoms with van der Waals surface area (Å²) in [7, 11) is 1.32. The summed E-state index contributed by atoms with van der Waals surface area (Å²) in [5.41, 5.74) is 1.73. The van der Waals surface area contributed by atoms with Gasteiger partial charge in [0.15, 0.2) is 0 Å². The molecule has 0 spiro atoms. The minimum Gasteiger partial charge on any atom is -0.465 e. The van der Waals surface area contributed by atoms with Crippen molar-refractivity contribution < 1.29 is 14.3 Å². The van der Waals surface area contributed by atoms with Gasteiger partial charge in [-0.3, -0.25) is 9.78 Å². The zero-order valence-electron chi connectivity index (χ0n) is 12.2. The Kier molecular flexibility index (Phi) is 5.48. The van der Waals surface area contributed by atoms with Crippen LogP contribution in [-0.2, 0) is 16.1 Å². The first kappa shape index (κ1) is 15.5. The molecule has 2 aromatic rings. The molecule has 22 heavy (non-hydrogen) atoms. The molecule has 0 fully saturated rings. The lowest BCUT2D eigenvalue weighted by atomic mass is 10.2. The van der Waals surface area contributed by atoms with E-state index in [0.717, 1.165) is 5.69 Å². The summed E-state index contributed by atoms with van der Waals surface area (Å²) in [6.45, 7) is 0.418. The number of hydrogen-bond acceptors (Lipinski definition) is 5. The second-order valence-corrected chi connectivity index (χ2v) is 4.49. The summed E-state index contributed by atoms with van der Waals surface area (Å²) in [6, 6.07) is 12.4. The van der Waals surface area contributed by atoms with Crippen molar-refractivity contribution in [1.29, 1.82) is 0 Å². The molecular weight excluding hydrogens is 282 g/mol. The molecule has 114 valence electrons. The van der Waals surface area contributed by atoms with Gasteiger partial charge in [-0.1, -0.05) is 18.2 Å². The number of hydrogen-bond donors (Lipinski definition) is 2. The lowest BCUT2D eigenvalue weighted by Gasteiger charge is -2.10. The van der Waals surface area contributed by atoms with Gasteiger partial charge in [0.05, 0.1) is 31.5 Å². The summed E-state index contributed by atoms with van der Waals surface area (Å²) in [5.74, 6) is -0.637. The molecule has 0 saturated carbocycles. The number of methoxy groups -OCH3 is 1. The van der Waals surface area contributed by atoms with Gasteiger partial charge in [0.25, 0.3) is 0 Å². The van der Waals surface area contributed by atoms with Crippen molar-refractivity contribution in [1.82, 2.24) is 10.3 Å². The fraction of sp³-hybridized carbons (Fsp3) is 0.188. The van der Waals surface area contributed by atoms with E-state index < -0.39 is 5.97 Å². The van der Waals surface area contributed by atoms with E-state index in [4.69, 9.17) is 4.74 Å². The number of nitrogens with zero attached hydrogens (tertiary/aromatic N) is 1. The molecule has 0 unspecified atom stereocenters. The van der Waals surface area contributed by atoms with Crippen LogP contribution >= 0.6 is 0 Å². The van der Waals surface area contributed by atoms with Crippen molar-refractivity contribution in [3.63, 3.8) is 0 Å². The zero-order valence-corrected chi connectivity index (χ0v) is 12.2. The number of pyridine rings is 1. The Hall–Kier alpha value is -2.89. The average Bonchev–Trinajstić information content (AvgIpc) is 2.58. The van der Waals surface area contributed by atoms with Crippen LogP contribution in [0.5, 0.6) is 0 Å². The van der Waals surface area contributed by atoms with Crippen molar-refractivity contribution in [3.05, 3.63) is 59.9 Å². The molecule has 0 atom stereocenters. The van der Waals surface area contributed by atoms with Crippen LogP contribution in [0.4, 0.5) is 5.69 Å². The van der Waals surface area contributed by atoms with Crippen molar-refractivity contribution >= 4 is 17.6 Å². The van der Waals surface area contributed by atoms with Gasteiger partial charge in [0, 0.05) is 11.9 Å². The van der Waals surface area contributed by atoms with E-state index in [0.29, 0.717) is 17.8 Å². The number of ether oxygens (including phenoxy) is 1. The van der Waals surface area contributed by atoms with Gasteiger partial charge in [-0.05, 0) is 24.3 Å². The maximum absolute atomic E-state index is 11.8. The predicted octanol–water partition coefficient (Wildman–Crippen LogP) is 1.60. The van der Waals surface area contributed by atoms with Gasteiger partial charge < -0.3 is 15.4 Å². The molecule has 2 rings (SSSR count). The largest absolute Gasteiger partial charge is 0.465 e. The Morgan fingerprint density at radius 3 is 2.64 bits per heavy atom. The second kappa shape index (κ2) is 7.78. The number of aromatic nitrogens is 1. The molecule has 0 radical (unpaired) electrons. The molecule has 0 aliphatic heterocycles. The number of nitrogens with one attached hydrogen (secondary N) is 2. The standard InChI is InChI=1S/C16H17N3O3/c1-22-16(21)13-7-2-3-8-14(13)18-11-15(20)19-10-12-6-4-5-9-17-12/h2-9,18H,10-11H2,1H3,(H,19,20). The van der Waals surface area contributed by atoms with Gasteiger partial charge >= 0.3 is 5.97 Å². The number of carbonyl (C=O) groups is 2. The summed E-state index contributed by atoms with van der Waals surface area (Å²) >= 11 is 0. The van der Waals surface area contributed by atoms with Gasteiger partial charge in [0.2, 0.25) is 5.91 Å². The molecule has 0 aliphatic carbocycles. The summed E-state index contributed by atoms with van der Waals surface area (Å²) < 4.78 is 4.70. The Bertz CT molecular complexity index is 644. The number of anilines is 1. The monoisotopic (exact) mass is 299 g/mol. The van der Waals surface area contributed by atoms with E-state index >= 15 is 0 Å². The molecule has 0 saturated heterocycles. The number of esters is 1. The molecule has 0 aliphatic rings. The van der Waals surface area contributed by atoms with Gasteiger partial charge in [-0.15, -0.1) is 0 Å². The summed E-state index contributed by atoms with van der Waals surface area (Å²) in [6.07, 6.45) is 1.67. The van der Waals surface area contributed by atoms with Crippen LogP contribution in [0.15, 0.2) is 48.7 Å². The third kappa shape index (κ3) is 4.31. The molecule has 1 aromatic heterocycles. The van der Waals surface area contributed by atoms with E-state index in [1.165, 1.54) is 7.11 Å². The average molecular weight is 299 g/mol. The topological polar surface area (TPSA) is 80.3 Å². The van der Waals surface area contributed by atoms with Crippen LogP contribution in [0.3, 0.4) is 0 Å². The highest BCUT2D eigenvalue weighted by atomic mass is 16.5. The Labute approximate surface area is 128 Å². The van der Waals surface area contributed by atoms with Gasteiger partial charge in [-0.25, -0.2) is 4.79 Å². The van der Waals surface area contributed by atoms with E-state index in [-0.39, 0.29) is 12.5 Å². The highest BCUT2D eigenvalue weighted by molar-refractivity contribution is 5.96. The highest BCUT2D eigenvalue weighted by Crippen LogP contribution is 2.15. The Balaban J connectivity index is 1.87. The third-order valence-electron chi connectivity index (χ3n) is 2.96. The third-order valence-corrected chi connectivity index (χ3v) is 2.96. The van der Waals surface area contributed by atoms with E-state index in [9.17, 15) is 9.59 Å². The molecule has 2 N–H and O–H groups in total. The molecule has 0 bridgehead atoms. The minimum atomic E-state index is -0.447. The van der Waals surface area contributed by atoms with Crippen LogP contribution in [-0.4, -0.2) is 30.5 Å². The number of rotatable bonds is 6. The normalized spacial score (nSPS) is 9.86. The molecule has 1 amide bonds. The number of benzene rings is 1. The molecule has 1 aromatic carbocycles. The Morgan fingerprint density at radius 2 is 1.91 bits per heavy atom. The van der Waals surface area contributed by atoms with E-state index in [2.05, 4.69) is 15.6 Å². The minimum absolute atomic E-state index is 0.0564. The highest BCUT2D eigenvalue weighted by Gasteiger charge is 2.11.